The molecule has 0 aliphatic heterocycles. The van der Waals surface area contributed by atoms with Crippen LogP contribution in [0.3, 0.4) is 0 Å². The predicted molar refractivity (Wildman–Crippen MR) is 141 cm³/mol. The van der Waals surface area contributed by atoms with E-state index in [4.69, 9.17) is 14.8 Å². The van der Waals surface area contributed by atoms with Gasteiger partial charge in [0.05, 0.1) is 42.8 Å². The first-order chi connectivity index (χ1) is 18.2. The molecule has 0 bridgehead atoms. The molecular weight excluding hydrogens is 489 g/mol. The Hall–Kier alpha value is -3.69. The van der Waals surface area contributed by atoms with Gasteiger partial charge in [-0.1, -0.05) is 38.1 Å². The largest absolute Gasteiger partial charge is 0.481 e. The van der Waals surface area contributed by atoms with Crippen LogP contribution in [0.5, 0.6) is 6.01 Å². The topological polar surface area (TPSA) is 126 Å². The average molecular weight is 522 g/mol. The summed E-state index contributed by atoms with van der Waals surface area (Å²) in [6, 6.07) is 6.60. The van der Waals surface area contributed by atoms with Crippen molar-refractivity contribution in [1.29, 1.82) is 0 Å². The lowest BCUT2D eigenvalue weighted by Gasteiger charge is -2.22. The molecule has 4 rings (SSSR count). The van der Waals surface area contributed by atoms with Crippen LogP contribution in [-0.4, -0.2) is 55.6 Å². The van der Waals surface area contributed by atoms with E-state index in [1.54, 1.807) is 30.5 Å². The number of nitrogens with zero attached hydrogens (tertiary/aromatic N) is 3. The van der Waals surface area contributed by atoms with Gasteiger partial charge in [0.15, 0.2) is 0 Å². The van der Waals surface area contributed by atoms with Gasteiger partial charge in [0.25, 0.3) is 0 Å². The monoisotopic (exact) mass is 521 g/mol. The number of aliphatic hydroxyl groups is 2. The molecule has 0 unspecified atom stereocenters. The summed E-state index contributed by atoms with van der Waals surface area (Å²) in [5, 5.41) is 29.4. The third-order valence-corrected chi connectivity index (χ3v) is 6.58. The van der Waals surface area contributed by atoms with Gasteiger partial charge in [-0.3, -0.25) is 9.78 Å². The zero-order valence-electron chi connectivity index (χ0n) is 21.7. The number of carboxylic acids is 1. The van der Waals surface area contributed by atoms with Crippen LogP contribution in [0, 0.1) is 5.82 Å². The molecule has 9 heteroatoms. The third-order valence-electron chi connectivity index (χ3n) is 6.58. The van der Waals surface area contributed by atoms with Crippen LogP contribution in [0.25, 0.3) is 28.5 Å². The number of aromatic nitrogens is 3. The van der Waals surface area contributed by atoms with E-state index in [9.17, 15) is 19.4 Å². The van der Waals surface area contributed by atoms with Crippen molar-refractivity contribution in [2.24, 2.45) is 0 Å². The number of hydrogen-bond acceptors (Lipinski definition) is 7. The van der Waals surface area contributed by atoms with Gasteiger partial charge in [-0.25, -0.2) is 9.37 Å². The zero-order valence-corrected chi connectivity index (χ0v) is 21.7. The van der Waals surface area contributed by atoms with E-state index in [-0.39, 0.29) is 18.2 Å². The molecule has 0 fully saturated rings. The molecule has 2 heterocycles. The van der Waals surface area contributed by atoms with Gasteiger partial charge in [0.1, 0.15) is 5.82 Å². The predicted octanol–water partition coefficient (Wildman–Crippen LogP) is 4.57. The Morgan fingerprint density at radius 1 is 1.16 bits per heavy atom. The van der Waals surface area contributed by atoms with E-state index in [2.05, 4.69) is 9.97 Å². The summed E-state index contributed by atoms with van der Waals surface area (Å²) in [4.78, 5) is 24.9. The normalized spacial score (nSPS) is 14.6. The number of rotatable bonds is 9. The Kier molecular flexibility index (Phi) is 8.48. The second kappa shape index (κ2) is 11.8. The summed E-state index contributed by atoms with van der Waals surface area (Å²) in [6.07, 6.45) is 4.48. The van der Waals surface area contributed by atoms with Gasteiger partial charge in [-0.05, 0) is 54.0 Å². The summed E-state index contributed by atoms with van der Waals surface area (Å²) in [5.74, 6) is -1.48. The highest BCUT2D eigenvalue weighted by atomic mass is 19.1. The molecule has 1 aliphatic rings. The zero-order chi connectivity index (χ0) is 27.4. The van der Waals surface area contributed by atoms with Crippen LogP contribution in [-0.2, 0) is 17.6 Å². The number of aliphatic hydroxyl groups excluding tert-OH is 2. The van der Waals surface area contributed by atoms with Gasteiger partial charge < -0.3 is 20.1 Å². The van der Waals surface area contributed by atoms with Crippen molar-refractivity contribution >= 4 is 12.0 Å². The number of pyridine rings is 1. The van der Waals surface area contributed by atoms with Gasteiger partial charge in [0.2, 0.25) is 0 Å². The Labute approximate surface area is 220 Å². The van der Waals surface area contributed by atoms with E-state index in [0.717, 1.165) is 57.7 Å². The van der Waals surface area contributed by atoms with Crippen LogP contribution in [0.4, 0.5) is 4.39 Å². The van der Waals surface area contributed by atoms with Crippen molar-refractivity contribution in [2.45, 2.75) is 64.1 Å². The van der Waals surface area contributed by atoms with Crippen LogP contribution in [0.15, 0.2) is 36.5 Å². The summed E-state index contributed by atoms with van der Waals surface area (Å²) < 4.78 is 19.1. The van der Waals surface area contributed by atoms with Crippen LogP contribution in [0.2, 0.25) is 0 Å². The number of halogens is 1. The molecule has 3 aromatic rings. The van der Waals surface area contributed by atoms with Crippen molar-refractivity contribution in [2.75, 3.05) is 7.11 Å². The molecule has 1 aromatic carbocycles. The smallest absolute Gasteiger partial charge is 0.316 e. The number of fused-ring (bicyclic) bond motifs is 3. The first-order valence-corrected chi connectivity index (χ1v) is 12.7. The SMILES string of the molecule is COc1ncc2c(n1)CCCc1c-2nc(C(C)C)c(/C=C/[C@@H](O)C[C@@H](O)CC(=O)O)c1-c1ccc(F)cc1. The molecule has 0 spiro atoms. The van der Waals surface area contributed by atoms with Crippen molar-refractivity contribution in [3.8, 4) is 28.4 Å². The molecule has 0 saturated heterocycles. The lowest BCUT2D eigenvalue weighted by atomic mass is 9.87. The van der Waals surface area contributed by atoms with Gasteiger partial charge in [-0.15, -0.1) is 0 Å². The molecule has 3 N–H and O–H groups in total. The first kappa shape index (κ1) is 27.3. The minimum atomic E-state index is -1.17. The average Bonchev–Trinajstić information content (AvgIpc) is 3.05. The number of carboxylic acid groups (broad SMARTS) is 1. The van der Waals surface area contributed by atoms with Crippen LogP contribution >= 0.6 is 0 Å². The van der Waals surface area contributed by atoms with E-state index in [0.29, 0.717) is 12.4 Å². The second-order valence-corrected chi connectivity index (χ2v) is 9.76. The maximum absolute atomic E-state index is 13.9. The summed E-state index contributed by atoms with van der Waals surface area (Å²) in [7, 11) is 1.53. The highest BCUT2D eigenvalue weighted by molar-refractivity contribution is 5.85. The molecule has 1 aliphatic carbocycles. The second-order valence-electron chi connectivity index (χ2n) is 9.76. The standard InChI is InChI=1S/C29H32FN3O5/c1-16(2)27-22(12-11-19(34)13-20(35)14-25(36)37)26(17-7-9-18(30)10-8-17)21-5-4-6-24-23(28(21)33-27)15-31-29(32-24)38-3/h7-12,15-16,19-20,34-35H,4-6,13-14H2,1-3H3,(H,36,37)/b12-11+/t19-,20-/m1/s1. The number of aryl methyl sites for hydroxylation is 1. The first-order valence-electron chi connectivity index (χ1n) is 12.7. The third kappa shape index (κ3) is 6.06. The Morgan fingerprint density at radius 3 is 2.55 bits per heavy atom. The maximum Gasteiger partial charge on any atom is 0.316 e. The van der Waals surface area contributed by atoms with Crippen molar-refractivity contribution in [3.05, 3.63) is 64.9 Å². The Balaban J connectivity index is 1.91. The fourth-order valence-electron chi connectivity index (χ4n) is 4.85. The lowest BCUT2D eigenvalue weighted by molar-refractivity contribution is -0.139. The van der Waals surface area contributed by atoms with Gasteiger partial charge in [-0.2, -0.15) is 4.98 Å². The van der Waals surface area contributed by atoms with Gasteiger partial charge >= 0.3 is 12.0 Å². The number of benzene rings is 1. The summed E-state index contributed by atoms with van der Waals surface area (Å²) in [6.45, 7) is 4.05. The lowest BCUT2D eigenvalue weighted by Crippen LogP contribution is -2.19. The number of hydrogen-bond donors (Lipinski definition) is 3. The molecule has 0 radical (unpaired) electrons. The fraction of sp³-hybridized carbons (Fsp3) is 0.379. The Bertz CT molecular complexity index is 1340. The van der Waals surface area contributed by atoms with E-state index in [1.165, 1.54) is 19.2 Å². The number of carbonyl (C=O) groups is 1. The highest BCUT2D eigenvalue weighted by Gasteiger charge is 2.26. The quantitative estimate of drug-likeness (QED) is 0.374. The Morgan fingerprint density at radius 2 is 1.89 bits per heavy atom. The molecule has 8 nitrogen and oxygen atoms in total. The van der Waals surface area contributed by atoms with Crippen molar-refractivity contribution in [1.82, 2.24) is 15.0 Å². The maximum atomic E-state index is 13.9. The summed E-state index contributed by atoms with van der Waals surface area (Å²) in [5.41, 5.74) is 6.70. The van der Waals surface area contributed by atoms with Crippen molar-refractivity contribution < 1.29 is 29.2 Å². The molecule has 2 aromatic heterocycles. The number of ether oxygens (including phenoxy) is 1. The van der Waals surface area contributed by atoms with E-state index in [1.807, 2.05) is 13.8 Å². The van der Waals surface area contributed by atoms with E-state index < -0.39 is 24.6 Å². The van der Waals surface area contributed by atoms with Crippen LogP contribution in [0.1, 0.15) is 61.5 Å². The molecule has 200 valence electrons. The molecule has 2 atom stereocenters. The summed E-state index contributed by atoms with van der Waals surface area (Å²) >= 11 is 0. The molecule has 0 saturated carbocycles. The van der Waals surface area contributed by atoms with Crippen molar-refractivity contribution in [3.63, 3.8) is 0 Å². The minimum absolute atomic E-state index is 0.000221. The fourth-order valence-corrected chi connectivity index (χ4v) is 4.85. The van der Waals surface area contributed by atoms with Gasteiger partial charge in [0, 0.05) is 23.7 Å². The van der Waals surface area contributed by atoms with E-state index >= 15 is 0 Å². The molecule has 0 amide bonds. The number of aliphatic carboxylic acids is 1. The number of methoxy groups -OCH3 is 1. The molecule has 38 heavy (non-hydrogen) atoms. The van der Waals surface area contributed by atoms with Crippen LogP contribution < -0.4 is 4.74 Å². The molecular formula is C29H32FN3O5. The minimum Gasteiger partial charge on any atom is -0.481 e. The highest BCUT2D eigenvalue weighted by Crippen LogP contribution is 2.41.